The van der Waals surface area contributed by atoms with Gasteiger partial charge in [-0.05, 0) is 58.2 Å². The molecule has 2 rings (SSSR count). The summed E-state index contributed by atoms with van der Waals surface area (Å²) in [7, 11) is 2.11. The predicted molar refractivity (Wildman–Crippen MR) is 65.1 cm³/mol. The summed E-state index contributed by atoms with van der Waals surface area (Å²) < 4.78 is 0. The van der Waals surface area contributed by atoms with E-state index < -0.39 is 0 Å². The fraction of sp³-hybridized carbons (Fsp3) is 1.00. The first kappa shape index (κ1) is 11.4. The van der Waals surface area contributed by atoms with Crippen molar-refractivity contribution < 1.29 is 0 Å². The second-order valence-electron chi connectivity index (χ2n) is 5.34. The standard InChI is InChI=1S/C13H26N2/c1-3-11-6-8-15(9-7-11)13-5-4-12(10-13)14-2/h11-14H,3-10H2,1-2H3. The maximum atomic E-state index is 3.43. The Morgan fingerprint density at radius 3 is 2.40 bits per heavy atom. The minimum atomic E-state index is 0.791. The highest BCUT2D eigenvalue weighted by atomic mass is 15.2. The van der Waals surface area contributed by atoms with Crippen LogP contribution in [0.1, 0.15) is 45.4 Å². The summed E-state index contributed by atoms with van der Waals surface area (Å²) in [6.07, 6.45) is 8.45. The summed E-state index contributed by atoms with van der Waals surface area (Å²) in [5.41, 5.74) is 0. The van der Waals surface area contributed by atoms with Crippen LogP contribution in [0.25, 0.3) is 0 Å². The summed E-state index contributed by atoms with van der Waals surface area (Å²) in [5.74, 6) is 1.02. The van der Waals surface area contributed by atoms with Gasteiger partial charge in [0.2, 0.25) is 0 Å². The van der Waals surface area contributed by atoms with E-state index in [1.807, 2.05) is 0 Å². The third kappa shape index (κ3) is 2.73. The van der Waals surface area contributed by atoms with Gasteiger partial charge in [-0.2, -0.15) is 0 Å². The van der Waals surface area contributed by atoms with Crippen molar-refractivity contribution in [2.75, 3.05) is 20.1 Å². The molecule has 15 heavy (non-hydrogen) atoms. The Morgan fingerprint density at radius 2 is 1.87 bits per heavy atom. The zero-order valence-corrected chi connectivity index (χ0v) is 10.3. The van der Waals surface area contributed by atoms with Crippen LogP contribution in [0.3, 0.4) is 0 Å². The Morgan fingerprint density at radius 1 is 1.13 bits per heavy atom. The molecule has 0 spiro atoms. The molecule has 1 aliphatic carbocycles. The second-order valence-corrected chi connectivity index (χ2v) is 5.34. The van der Waals surface area contributed by atoms with Gasteiger partial charge < -0.3 is 10.2 Å². The zero-order valence-electron chi connectivity index (χ0n) is 10.3. The van der Waals surface area contributed by atoms with Gasteiger partial charge in [0.25, 0.3) is 0 Å². The summed E-state index contributed by atoms with van der Waals surface area (Å²) in [4.78, 5) is 2.75. The molecule has 0 aromatic carbocycles. The van der Waals surface area contributed by atoms with Gasteiger partial charge in [0, 0.05) is 12.1 Å². The van der Waals surface area contributed by atoms with Crippen LogP contribution in [0.15, 0.2) is 0 Å². The van der Waals surface area contributed by atoms with Crippen molar-refractivity contribution in [1.29, 1.82) is 0 Å². The monoisotopic (exact) mass is 210 g/mol. The van der Waals surface area contributed by atoms with E-state index in [0.29, 0.717) is 0 Å². The molecule has 0 amide bonds. The lowest BCUT2D eigenvalue weighted by atomic mass is 9.93. The number of likely N-dealkylation sites (tertiary alicyclic amines) is 1. The van der Waals surface area contributed by atoms with Crippen LogP contribution in [0.5, 0.6) is 0 Å². The fourth-order valence-electron chi connectivity index (χ4n) is 3.28. The van der Waals surface area contributed by atoms with Gasteiger partial charge in [0.1, 0.15) is 0 Å². The Balaban J connectivity index is 1.76. The Kier molecular flexibility index (Phi) is 4.04. The van der Waals surface area contributed by atoms with Crippen LogP contribution in [0.4, 0.5) is 0 Å². The van der Waals surface area contributed by atoms with E-state index in [9.17, 15) is 0 Å². The molecule has 0 radical (unpaired) electrons. The van der Waals surface area contributed by atoms with E-state index in [0.717, 1.165) is 18.0 Å². The number of hydrogen-bond donors (Lipinski definition) is 1. The Labute approximate surface area is 94.4 Å². The van der Waals surface area contributed by atoms with Crippen molar-refractivity contribution in [3.05, 3.63) is 0 Å². The summed E-state index contributed by atoms with van der Waals surface area (Å²) in [6.45, 7) is 5.06. The molecule has 0 bridgehead atoms. The molecular formula is C13H26N2. The molecule has 1 N–H and O–H groups in total. The summed E-state index contributed by atoms with van der Waals surface area (Å²) in [6, 6.07) is 1.68. The molecule has 88 valence electrons. The van der Waals surface area contributed by atoms with E-state index in [-0.39, 0.29) is 0 Å². The molecule has 1 aliphatic heterocycles. The molecule has 2 nitrogen and oxygen atoms in total. The van der Waals surface area contributed by atoms with Crippen molar-refractivity contribution in [2.24, 2.45) is 5.92 Å². The average molecular weight is 210 g/mol. The SMILES string of the molecule is CCC1CCN(C2CCC(NC)C2)CC1. The lowest BCUT2D eigenvalue weighted by Gasteiger charge is -2.35. The number of nitrogens with zero attached hydrogens (tertiary/aromatic N) is 1. The highest BCUT2D eigenvalue weighted by Gasteiger charge is 2.30. The van der Waals surface area contributed by atoms with Gasteiger partial charge in [-0.1, -0.05) is 13.3 Å². The van der Waals surface area contributed by atoms with Crippen LogP contribution in [-0.2, 0) is 0 Å². The van der Waals surface area contributed by atoms with Gasteiger partial charge in [-0.25, -0.2) is 0 Å². The minimum Gasteiger partial charge on any atom is -0.317 e. The number of nitrogens with one attached hydrogen (secondary N) is 1. The van der Waals surface area contributed by atoms with E-state index in [2.05, 4.69) is 24.2 Å². The number of piperidine rings is 1. The summed E-state index contributed by atoms with van der Waals surface area (Å²) in [5, 5.41) is 3.43. The lowest BCUT2D eigenvalue weighted by Crippen LogP contribution is -2.40. The molecule has 1 saturated carbocycles. The van der Waals surface area contributed by atoms with Crippen LogP contribution >= 0.6 is 0 Å². The van der Waals surface area contributed by atoms with Crippen molar-refractivity contribution in [1.82, 2.24) is 10.2 Å². The van der Waals surface area contributed by atoms with E-state index in [1.54, 1.807) is 0 Å². The fourth-order valence-corrected chi connectivity index (χ4v) is 3.28. The Hall–Kier alpha value is -0.0800. The third-order valence-corrected chi connectivity index (χ3v) is 4.56. The highest BCUT2D eigenvalue weighted by Crippen LogP contribution is 2.28. The maximum absolute atomic E-state index is 3.43. The topological polar surface area (TPSA) is 15.3 Å². The normalized spacial score (nSPS) is 34.8. The molecule has 0 aromatic heterocycles. The van der Waals surface area contributed by atoms with Crippen LogP contribution in [-0.4, -0.2) is 37.1 Å². The molecule has 0 aromatic rings. The van der Waals surface area contributed by atoms with E-state index in [1.165, 1.54) is 51.6 Å². The third-order valence-electron chi connectivity index (χ3n) is 4.56. The van der Waals surface area contributed by atoms with Crippen molar-refractivity contribution in [3.63, 3.8) is 0 Å². The van der Waals surface area contributed by atoms with Crippen LogP contribution < -0.4 is 5.32 Å². The predicted octanol–water partition coefficient (Wildman–Crippen LogP) is 2.25. The maximum Gasteiger partial charge on any atom is 0.0111 e. The average Bonchev–Trinajstić information content (AvgIpc) is 2.78. The number of hydrogen-bond acceptors (Lipinski definition) is 2. The molecule has 2 aliphatic rings. The molecule has 2 unspecified atom stereocenters. The van der Waals surface area contributed by atoms with Gasteiger partial charge >= 0.3 is 0 Å². The van der Waals surface area contributed by atoms with Gasteiger partial charge in [-0.3, -0.25) is 0 Å². The van der Waals surface area contributed by atoms with Gasteiger partial charge in [0.05, 0.1) is 0 Å². The summed E-state index contributed by atoms with van der Waals surface area (Å²) >= 11 is 0. The van der Waals surface area contributed by atoms with Gasteiger partial charge in [0.15, 0.2) is 0 Å². The van der Waals surface area contributed by atoms with E-state index in [4.69, 9.17) is 0 Å². The van der Waals surface area contributed by atoms with Crippen LogP contribution in [0.2, 0.25) is 0 Å². The van der Waals surface area contributed by atoms with Crippen molar-refractivity contribution >= 4 is 0 Å². The van der Waals surface area contributed by atoms with E-state index >= 15 is 0 Å². The van der Waals surface area contributed by atoms with Crippen molar-refractivity contribution in [3.8, 4) is 0 Å². The first-order chi connectivity index (χ1) is 7.33. The minimum absolute atomic E-state index is 0.791. The molecule has 2 fully saturated rings. The molecular weight excluding hydrogens is 184 g/mol. The molecule has 2 atom stereocenters. The first-order valence-electron chi connectivity index (χ1n) is 6.74. The number of rotatable bonds is 3. The van der Waals surface area contributed by atoms with Crippen molar-refractivity contribution in [2.45, 2.75) is 57.5 Å². The Bertz CT molecular complexity index is 185. The quantitative estimate of drug-likeness (QED) is 0.768. The highest BCUT2D eigenvalue weighted by molar-refractivity contribution is 4.87. The lowest BCUT2D eigenvalue weighted by molar-refractivity contribution is 0.131. The molecule has 1 heterocycles. The van der Waals surface area contributed by atoms with Gasteiger partial charge in [-0.15, -0.1) is 0 Å². The largest absolute Gasteiger partial charge is 0.317 e. The van der Waals surface area contributed by atoms with Crippen LogP contribution in [0, 0.1) is 5.92 Å². The second kappa shape index (κ2) is 5.31. The molecule has 1 saturated heterocycles. The smallest absolute Gasteiger partial charge is 0.0111 e. The first-order valence-corrected chi connectivity index (χ1v) is 6.74. The molecule has 2 heteroatoms. The zero-order chi connectivity index (χ0) is 10.7.